The van der Waals surface area contributed by atoms with E-state index in [0.717, 1.165) is 16.7 Å². The van der Waals surface area contributed by atoms with E-state index in [1.807, 2.05) is 43.3 Å². The van der Waals surface area contributed by atoms with Crippen LogP contribution in [0.2, 0.25) is 0 Å². The van der Waals surface area contributed by atoms with Crippen LogP contribution in [0, 0.1) is 0 Å². The summed E-state index contributed by atoms with van der Waals surface area (Å²) in [5, 5.41) is 0. The van der Waals surface area contributed by atoms with E-state index < -0.39 is 5.41 Å². The summed E-state index contributed by atoms with van der Waals surface area (Å²) >= 11 is 0. The topological polar surface area (TPSA) is 35.5 Å². The molecule has 3 heteroatoms. The number of Topliss-reactive ketones (excluding diaryl/α,β-unsaturated/α-hetero) is 1. The molecule has 3 rings (SSSR count). The average molecular weight is 282 g/mol. The maximum atomic E-state index is 12.9. The number of rotatable bonds is 3. The van der Waals surface area contributed by atoms with Crippen molar-refractivity contribution in [2.24, 2.45) is 0 Å². The summed E-state index contributed by atoms with van der Waals surface area (Å²) in [5.74, 6) is 1.41. The molecule has 3 nitrogen and oxygen atoms in total. The predicted octanol–water partition coefficient (Wildman–Crippen LogP) is 3.40. The summed E-state index contributed by atoms with van der Waals surface area (Å²) in [5.41, 5.74) is 2.29. The van der Waals surface area contributed by atoms with Gasteiger partial charge in [0.2, 0.25) is 0 Å². The number of carbonyl (C=O) groups excluding carboxylic acids is 1. The van der Waals surface area contributed by atoms with Gasteiger partial charge in [0.1, 0.15) is 0 Å². The Balaban J connectivity index is 2.10. The van der Waals surface area contributed by atoms with Crippen LogP contribution < -0.4 is 9.47 Å². The third-order valence-electron chi connectivity index (χ3n) is 4.31. The number of benzene rings is 2. The van der Waals surface area contributed by atoms with Crippen LogP contribution in [-0.4, -0.2) is 20.0 Å². The zero-order chi connectivity index (χ0) is 15.0. The molecular weight excluding hydrogens is 264 g/mol. The number of ether oxygens (including phenoxy) is 2. The number of carbonyl (C=O) groups is 1. The lowest BCUT2D eigenvalue weighted by atomic mass is 9.79. The zero-order valence-electron chi connectivity index (χ0n) is 12.5. The molecule has 0 aliphatic heterocycles. The Bertz CT molecular complexity index is 691. The van der Waals surface area contributed by atoms with E-state index in [1.54, 1.807) is 20.3 Å². The molecule has 2 aromatic carbocycles. The summed E-state index contributed by atoms with van der Waals surface area (Å²) in [6, 6.07) is 13.6. The second-order valence-corrected chi connectivity index (χ2v) is 5.57. The van der Waals surface area contributed by atoms with E-state index in [2.05, 4.69) is 0 Å². The highest BCUT2D eigenvalue weighted by atomic mass is 16.5. The van der Waals surface area contributed by atoms with Crippen molar-refractivity contribution in [1.29, 1.82) is 0 Å². The molecule has 0 radical (unpaired) electrons. The fraction of sp³-hybridized carbons (Fsp3) is 0.278. The summed E-state index contributed by atoms with van der Waals surface area (Å²) in [7, 11) is 3.19. The van der Waals surface area contributed by atoms with Gasteiger partial charge in [0.15, 0.2) is 17.3 Å². The van der Waals surface area contributed by atoms with Crippen molar-refractivity contribution in [2.45, 2.75) is 18.8 Å². The quantitative estimate of drug-likeness (QED) is 0.865. The fourth-order valence-corrected chi connectivity index (χ4v) is 3.08. The molecule has 21 heavy (non-hydrogen) atoms. The highest BCUT2D eigenvalue weighted by Gasteiger charge is 2.43. The molecule has 1 aliphatic carbocycles. The highest BCUT2D eigenvalue weighted by molar-refractivity contribution is 6.08. The van der Waals surface area contributed by atoms with Crippen molar-refractivity contribution < 1.29 is 14.3 Å². The number of hydrogen-bond donors (Lipinski definition) is 0. The minimum atomic E-state index is -0.513. The molecule has 2 aromatic rings. The third kappa shape index (κ3) is 2.00. The smallest absolute Gasteiger partial charge is 0.173 e. The number of fused-ring (bicyclic) bond motifs is 1. The summed E-state index contributed by atoms with van der Waals surface area (Å²) in [6.07, 6.45) is 0.686. The fourth-order valence-electron chi connectivity index (χ4n) is 3.08. The van der Waals surface area contributed by atoms with Gasteiger partial charge >= 0.3 is 0 Å². The monoisotopic (exact) mass is 282 g/mol. The first-order chi connectivity index (χ1) is 10.1. The van der Waals surface area contributed by atoms with Crippen molar-refractivity contribution in [3.05, 3.63) is 59.2 Å². The lowest BCUT2D eigenvalue weighted by Gasteiger charge is -2.22. The molecule has 0 aromatic heterocycles. The molecule has 108 valence electrons. The largest absolute Gasteiger partial charge is 0.493 e. The number of ketones is 1. The van der Waals surface area contributed by atoms with Gasteiger partial charge in [-0.2, -0.15) is 0 Å². The van der Waals surface area contributed by atoms with Crippen LogP contribution in [0.15, 0.2) is 42.5 Å². The molecular formula is C18H18O3. The molecule has 0 fully saturated rings. The van der Waals surface area contributed by atoms with E-state index in [9.17, 15) is 4.79 Å². The van der Waals surface area contributed by atoms with Crippen LogP contribution >= 0.6 is 0 Å². The maximum absolute atomic E-state index is 12.9. The molecule has 0 N–H and O–H groups in total. The van der Waals surface area contributed by atoms with Crippen molar-refractivity contribution in [1.82, 2.24) is 0 Å². The van der Waals surface area contributed by atoms with E-state index in [1.165, 1.54) is 0 Å². The molecule has 0 bridgehead atoms. The van der Waals surface area contributed by atoms with Gasteiger partial charge in [0, 0.05) is 5.56 Å². The van der Waals surface area contributed by atoms with Gasteiger partial charge in [-0.1, -0.05) is 30.3 Å². The van der Waals surface area contributed by atoms with Crippen LogP contribution in [0.5, 0.6) is 11.5 Å². The number of methoxy groups -OCH3 is 2. The van der Waals surface area contributed by atoms with Gasteiger partial charge in [0.25, 0.3) is 0 Å². The number of hydrogen-bond acceptors (Lipinski definition) is 3. The minimum absolute atomic E-state index is 0.143. The standard InChI is InChI=1S/C18H18O3/c1-18(13-7-5-4-6-8-13)11-12-9-15(20-2)16(21-3)10-14(12)17(18)19/h4-10H,11H2,1-3H3. The van der Waals surface area contributed by atoms with Gasteiger partial charge in [-0.05, 0) is 36.6 Å². The molecule has 0 spiro atoms. The summed E-state index contributed by atoms with van der Waals surface area (Å²) in [6.45, 7) is 2.00. The van der Waals surface area contributed by atoms with Gasteiger partial charge in [-0.15, -0.1) is 0 Å². The lowest BCUT2D eigenvalue weighted by molar-refractivity contribution is 0.0915. The first kappa shape index (κ1) is 13.7. The van der Waals surface area contributed by atoms with E-state index in [4.69, 9.17) is 9.47 Å². The van der Waals surface area contributed by atoms with Gasteiger partial charge in [0.05, 0.1) is 19.6 Å². The Labute approximate surface area is 124 Å². The second kappa shape index (κ2) is 4.92. The minimum Gasteiger partial charge on any atom is -0.493 e. The van der Waals surface area contributed by atoms with Crippen molar-refractivity contribution in [2.75, 3.05) is 14.2 Å². The van der Waals surface area contributed by atoms with Crippen LogP contribution in [-0.2, 0) is 11.8 Å². The summed E-state index contributed by atoms with van der Waals surface area (Å²) < 4.78 is 10.6. The molecule has 1 aliphatic rings. The highest BCUT2D eigenvalue weighted by Crippen LogP contribution is 2.43. The van der Waals surface area contributed by atoms with Crippen molar-refractivity contribution in [3.63, 3.8) is 0 Å². The van der Waals surface area contributed by atoms with Gasteiger partial charge in [-0.3, -0.25) is 4.79 Å². The predicted molar refractivity (Wildman–Crippen MR) is 81.4 cm³/mol. The average Bonchev–Trinajstić information content (AvgIpc) is 2.79. The molecule has 1 atom stereocenters. The van der Waals surface area contributed by atoms with Crippen LogP contribution in [0.1, 0.15) is 28.4 Å². The van der Waals surface area contributed by atoms with Crippen LogP contribution in [0.3, 0.4) is 0 Å². The molecule has 1 unspecified atom stereocenters. The van der Waals surface area contributed by atoms with E-state index in [-0.39, 0.29) is 5.78 Å². The Hall–Kier alpha value is -2.29. The van der Waals surface area contributed by atoms with Crippen molar-refractivity contribution >= 4 is 5.78 Å². The SMILES string of the molecule is COc1cc2c(cc1OC)C(=O)C(C)(c1ccccc1)C2. The first-order valence-corrected chi connectivity index (χ1v) is 6.95. The van der Waals surface area contributed by atoms with Gasteiger partial charge in [-0.25, -0.2) is 0 Å². The van der Waals surface area contributed by atoms with Gasteiger partial charge < -0.3 is 9.47 Å². The molecule has 0 saturated carbocycles. The third-order valence-corrected chi connectivity index (χ3v) is 4.31. The van der Waals surface area contributed by atoms with E-state index in [0.29, 0.717) is 17.9 Å². The molecule has 0 saturated heterocycles. The Morgan fingerprint density at radius 3 is 2.24 bits per heavy atom. The van der Waals surface area contributed by atoms with E-state index >= 15 is 0 Å². The molecule has 0 heterocycles. The Kier molecular flexibility index (Phi) is 3.20. The Morgan fingerprint density at radius 2 is 1.62 bits per heavy atom. The lowest BCUT2D eigenvalue weighted by Crippen LogP contribution is -2.29. The molecule has 0 amide bonds. The maximum Gasteiger partial charge on any atom is 0.173 e. The van der Waals surface area contributed by atoms with Crippen LogP contribution in [0.25, 0.3) is 0 Å². The Morgan fingerprint density at radius 1 is 1.00 bits per heavy atom. The zero-order valence-corrected chi connectivity index (χ0v) is 12.5. The normalized spacial score (nSPS) is 20.2. The van der Waals surface area contributed by atoms with Crippen LogP contribution in [0.4, 0.5) is 0 Å². The second-order valence-electron chi connectivity index (χ2n) is 5.57. The summed E-state index contributed by atoms with van der Waals surface area (Å²) in [4.78, 5) is 12.9. The first-order valence-electron chi connectivity index (χ1n) is 6.95. The van der Waals surface area contributed by atoms with Crippen molar-refractivity contribution in [3.8, 4) is 11.5 Å².